The van der Waals surface area contributed by atoms with Gasteiger partial charge in [-0.1, -0.05) is 79.7 Å². The fourth-order valence-electron chi connectivity index (χ4n) is 6.67. The minimum atomic E-state index is -0.352. The molecule has 0 radical (unpaired) electrons. The van der Waals surface area contributed by atoms with Crippen LogP contribution in [0.15, 0.2) is 35.4 Å². The van der Waals surface area contributed by atoms with Gasteiger partial charge < -0.3 is 0 Å². The number of allylic oxidation sites excluding steroid dienone is 2. The van der Waals surface area contributed by atoms with E-state index in [2.05, 4.69) is 91.8 Å². The number of Topliss-reactive ketones (excluding diaryl/α,β-unsaturated/α-hetero) is 2. The fraction of sp³-hybridized carbons (Fsp3) is 0.586. The molecule has 166 valence electrons. The third-order valence-corrected chi connectivity index (χ3v) is 10.0. The quantitative estimate of drug-likeness (QED) is 0.489. The molecule has 3 unspecified atom stereocenters. The Bertz CT molecular complexity index is 1000. The summed E-state index contributed by atoms with van der Waals surface area (Å²) in [5.41, 5.74) is 3.51. The van der Waals surface area contributed by atoms with Gasteiger partial charge in [-0.25, -0.2) is 0 Å². The van der Waals surface area contributed by atoms with E-state index in [0.29, 0.717) is 11.7 Å². The van der Waals surface area contributed by atoms with Crippen LogP contribution in [0.1, 0.15) is 85.8 Å². The Balaban J connectivity index is 1.64. The first-order valence-electron chi connectivity index (χ1n) is 11.9. The predicted molar refractivity (Wildman–Crippen MR) is 128 cm³/mol. The molecule has 0 amide bonds. The summed E-state index contributed by atoms with van der Waals surface area (Å²) in [5.74, 6) is 1.24. The highest BCUT2D eigenvalue weighted by Gasteiger charge is 2.63. The molecule has 1 aromatic rings. The zero-order valence-electron chi connectivity index (χ0n) is 20.6. The second kappa shape index (κ2) is 6.77. The van der Waals surface area contributed by atoms with Crippen molar-refractivity contribution in [2.24, 2.45) is 33.5 Å². The maximum absolute atomic E-state index is 13.2. The van der Waals surface area contributed by atoms with Gasteiger partial charge in [-0.15, -0.1) is 0 Å². The van der Waals surface area contributed by atoms with Crippen molar-refractivity contribution in [3.63, 3.8) is 0 Å². The van der Waals surface area contributed by atoms with Gasteiger partial charge in [0.15, 0.2) is 11.6 Å². The van der Waals surface area contributed by atoms with Gasteiger partial charge in [-0.05, 0) is 76.4 Å². The number of benzene rings is 1. The molecule has 0 spiro atoms. The van der Waals surface area contributed by atoms with E-state index < -0.39 is 0 Å². The van der Waals surface area contributed by atoms with Crippen LogP contribution in [0.4, 0.5) is 0 Å². The second-order valence-electron chi connectivity index (χ2n) is 12.0. The topological polar surface area (TPSA) is 34.1 Å². The van der Waals surface area contributed by atoms with E-state index in [1.807, 2.05) is 0 Å². The highest BCUT2D eigenvalue weighted by Crippen LogP contribution is 2.65. The first-order chi connectivity index (χ1) is 14.3. The van der Waals surface area contributed by atoms with Crippen LogP contribution in [0.5, 0.6) is 0 Å². The van der Waals surface area contributed by atoms with Gasteiger partial charge in [0, 0.05) is 10.8 Å². The molecular formula is C29H38O2. The SMILES string of the molecule is CCC1/C(=C\c2ccc(/C=C3/C(=O)C4(C)CCC3C4(C)C)cc2)C(=O)C(C)(C)C1(C)C. The number of carbonyl (C=O) groups excluding carboxylic acids is 2. The molecule has 2 bridgehead atoms. The lowest BCUT2D eigenvalue weighted by Crippen LogP contribution is -2.34. The predicted octanol–water partition coefficient (Wildman–Crippen LogP) is 7.14. The van der Waals surface area contributed by atoms with Crippen molar-refractivity contribution in [1.29, 1.82) is 0 Å². The van der Waals surface area contributed by atoms with Gasteiger partial charge in [-0.2, -0.15) is 0 Å². The number of ketones is 2. The van der Waals surface area contributed by atoms with Gasteiger partial charge >= 0.3 is 0 Å². The first kappa shape index (κ1) is 22.2. The molecule has 0 aliphatic heterocycles. The number of hydrogen-bond donors (Lipinski definition) is 0. The largest absolute Gasteiger partial charge is 0.294 e. The van der Waals surface area contributed by atoms with Crippen molar-refractivity contribution in [2.75, 3.05) is 0 Å². The van der Waals surface area contributed by atoms with Crippen LogP contribution in [0.3, 0.4) is 0 Å². The lowest BCUT2D eigenvalue weighted by Gasteiger charge is -2.36. The van der Waals surface area contributed by atoms with Gasteiger partial charge in [0.25, 0.3) is 0 Å². The highest BCUT2D eigenvalue weighted by atomic mass is 16.1. The van der Waals surface area contributed by atoms with Gasteiger partial charge in [0.05, 0.1) is 0 Å². The molecule has 0 aromatic heterocycles. The Morgan fingerprint density at radius 3 is 1.77 bits per heavy atom. The molecule has 3 atom stereocenters. The number of fused-ring (bicyclic) bond motifs is 2. The fourth-order valence-corrected chi connectivity index (χ4v) is 6.67. The van der Waals surface area contributed by atoms with E-state index in [4.69, 9.17) is 0 Å². The Labute approximate surface area is 188 Å². The summed E-state index contributed by atoms with van der Waals surface area (Å²) < 4.78 is 0. The van der Waals surface area contributed by atoms with Crippen LogP contribution < -0.4 is 0 Å². The Kier molecular flexibility index (Phi) is 4.86. The summed E-state index contributed by atoms with van der Waals surface area (Å²) in [4.78, 5) is 26.3. The van der Waals surface area contributed by atoms with E-state index in [-0.39, 0.29) is 33.4 Å². The van der Waals surface area contributed by atoms with Crippen LogP contribution in [-0.4, -0.2) is 11.6 Å². The van der Waals surface area contributed by atoms with Crippen molar-refractivity contribution < 1.29 is 9.59 Å². The van der Waals surface area contributed by atoms with E-state index in [1.54, 1.807) is 0 Å². The number of rotatable bonds is 3. The molecule has 2 heteroatoms. The third kappa shape index (κ3) is 2.82. The number of hydrogen-bond acceptors (Lipinski definition) is 2. The van der Waals surface area contributed by atoms with Crippen LogP contribution in [0.25, 0.3) is 12.2 Å². The van der Waals surface area contributed by atoms with E-state index in [1.165, 1.54) is 0 Å². The monoisotopic (exact) mass is 418 g/mol. The molecular weight excluding hydrogens is 380 g/mol. The van der Waals surface area contributed by atoms with Crippen molar-refractivity contribution >= 4 is 23.7 Å². The first-order valence-corrected chi connectivity index (χ1v) is 11.9. The van der Waals surface area contributed by atoms with Gasteiger partial charge in [0.2, 0.25) is 0 Å². The van der Waals surface area contributed by atoms with Crippen LogP contribution in [0.2, 0.25) is 0 Å². The summed E-state index contributed by atoms with van der Waals surface area (Å²) in [6.07, 6.45) is 7.29. The normalized spacial score (nSPS) is 35.5. The van der Waals surface area contributed by atoms with E-state index in [0.717, 1.165) is 41.5 Å². The third-order valence-electron chi connectivity index (χ3n) is 10.0. The summed E-state index contributed by atoms with van der Waals surface area (Å²) >= 11 is 0. The van der Waals surface area contributed by atoms with Crippen molar-refractivity contribution in [1.82, 2.24) is 0 Å². The molecule has 2 nitrogen and oxygen atoms in total. The molecule has 3 fully saturated rings. The smallest absolute Gasteiger partial charge is 0.165 e. The molecule has 31 heavy (non-hydrogen) atoms. The molecule has 1 aromatic carbocycles. The minimum absolute atomic E-state index is 0.0396. The summed E-state index contributed by atoms with van der Waals surface area (Å²) in [5, 5.41) is 0. The Morgan fingerprint density at radius 2 is 1.32 bits per heavy atom. The summed E-state index contributed by atoms with van der Waals surface area (Å²) in [6.45, 7) is 17.5. The van der Waals surface area contributed by atoms with Crippen LogP contribution >= 0.6 is 0 Å². The van der Waals surface area contributed by atoms with E-state index in [9.17, 15) is 9.59 Å². The standard InChI is InChI=1S/C29H38O2/c1-9-22-20(24(30)28(6,7)26(22,2)3)16-18-10-12-19(13-11-18)17-21-23-14-15-29(8,25(21)31)27(23,4)5/h10-13,16-17,22-23H,9,14-15H2,1-8H3/b20-16+,21-17+. The zero-order valence-corrected chi connectivity index (χ0v) is 20.6. The van der Waals surface area contributed by atoms with Gasteiger partial charge in [-0.3, -0.25) is 9.59 Å². The van der Waals surface area contributed by atoms with Crippen molar-refractivity contribution in [3.05, 3.63) is 46.5 Å². The highest BCUT2D eigenvalue weighted by molar-refractivity contribution is 6.08. The summed E-state index contributed by atoms with van der Waals surface area (Å²) in [6, 6.07) is 8.35. The number of carbonyl (C=O) groups is 2. The average molecular weight is 419 g/mol. The molecule has 3 aliphatic carbocycles. The maximum Gasteiger partial charge on any atom is 0.165 e. The van der Waals surface area contributed by atoms with Crippen molar-refractivity contribution in [2.45, 2.75) is 74.7 Å². The summed E-state index contributed by atoms with van der Waals surface area (Å²) in [7, 11) is 0. The minimum Gasteiger partial charge on any atom is -0.294 e. The molecule has 4 rings (SSSR count). The lowest BCUT2D eigenvalue weighted by atomic mass is 9.66. The molecule has 0 saturated heterocycles. The Morgan fingerprint density at radius 1 is 0.806 bits per heavy atom. The van der Waals surface area contributed by atoms with Crippen LogP contribution in [0, 0.1) is 33.5 Å². The molecule has 3 saturated carbocycles. The Hall–Kier alpha value is -1.96. The molecule has 0 N–H and O–H groups in total. The lowest BCUT2D eigenvalue weighted by molar-refractivity contribution is -0.125. The van der Waals surface area contributed by atoms with E-state index >= 15 is 0 Å². The second-order valence-corrected chi connectivity index (χ2v) is 12.0. The van der Waals surface area contributed by atoms with Gasteiger partial charge in [0.1, 0.15) is 0 Å². The van der Waals surface area contributed by atoms with Crippen molar-refractivity contribution in [3.8, 4) is 0 Å². The van der Waals surface area contributed by atoms with Crippen LogP contribution in [-0.2, 0) is 9.59 Å². The maximum atomic E-state index is 13.2. The molecule has 0 heterocycles. The average Bonchev–Trinajstić information content (AvgIpc) is 3.07. The molecule has 3 aliphatic rings. The zero-order chi connectivity index (χ0) is 23.0.